The van der Waals surface area contributed by atoms with Gasteiger partial charge in [0.1, 0.15) is 5.03 Å². The van der Waals surface area contributed by atoms with E-state index in [0.717, 1.165) is 15.3 Å². The van der Waals surface area contributed by atoms with E-state index in [1.165, 1.54) is 10.8 Å². The molecule has 0 radical (unpaired) electrons. The van der Waals surface area contributed by atoms with Gasteiger partial charge in [-0.2, -0.15) is 10.1 Å². The van der Waals surface area contributed by atoms with Gasteiger partial charge in [0.2, 0.25) is 5.95 Å². The van der Waals surface area contributed by atoms with Crippen molar-refractivity contribution >= 4 is 39.5 Å². The summed E-state index contributed by atoms with van der Waals surface area (Å²) >= 11 is 1.56. The third-order valence-corrected chi connectivity index (χ3v) is 4.22. The molecule has 0 unspecified atom stereocenters. The van der Waals surface area contributed by atoms with Crippen molar-refractivity contribution in [2.24, 2.45) is 0 Å². The fraction of sp³-hybridized carbons (Fsp3) is 0. The molecule has 0 saturated heterocycles. The number of nitrogens with two attached hydrogens (primary N) is 1. The Morgan fingerprint density at radius 3 is 2.76 bits per heavy atom. The lowest BCUT2D eigenvalue weighted by Gasteiger charge is -2.04. The average molecular weight is 293 g/mol. The predicted molar refractivity (Wildman–Crippen MR) is 84.2 cm³/mol. The predicted octanol–water partition coefficient (Wildman–Crippen LogP) is 3.24. The molecule has 0 bridgehead atoms. The quantitative estimate of drug-likeness (QED) is 0.555. The fourth-order valence-corrected chi connectivity index (χ4v) is 3.19. The number of hydrogen-bond acceptors (Lipinski definition) is 5. The number of nitrogens with zero attached hydrogens (tertiary/aromatic N) is 3. The summed E-state index contributed by atoms with van der Waals surface area (Å²) in [5.74, 6) is 0.245. The summed E-state index contributed by atoms with van der Waals surface area (Å²) in [6.45, 7) is 0. The first-order chi connectivity index (χ1) is 10.3. The van der Waals surface area contributed by atoms with Crippen molar-refractivity contribution in [2.75, 3.05) is 5.73 Å². The van der Waals surface area contributed by atoms with Gasteiger partial charge in [0.15, 0.2) is 5.65 Å². The van der Waals surface area contributed by atoms with Crippen LogP contribution in [0, 0.1) is 0 Å². The van der Waals surface area contributed by atoms with Crippen LogP contribution in [0.4, 0.5) is 5.95 Å². The Kier molecular flexibility index (Phi) is 2.75. The molecule has 0 fully saturated rings. The van der Waals surface area contributed by atoms with Crippen molar-refractivity contribution in [3.05, 3.63) is 48.7 Å². The van der Waals surface area contributed by atoms with E-state index in [1.54, 1.807) is 18.0 Å². The smallest absolute Gasteiger partial charge is 0.223 e. The monoisotopic (exact) mass is 293 g/mol. The maximum Gasteiger partial charge on any atom is 0.223 e. The van der Waals surface area contributed by atoms with Crippen LogP contribution in [0.5, 0.6) is 0 Å². The molecule has 0 aliphatic heterocycles. The van der Waals surface area contributed by atoms with Gasteiger partial charge in [-0.05, 0) is 22.9 Å². The van der Waals surface area contributed by atoms with Crippen LogP contribution in [-0.4, -0.2) is 20.2 Å². The lowest BCUT2D eigenvalue weighted by Crippen LogP contribution is -1.96. The molecule has 5 nitrogen and oxygen atoms in total. The number of anilines is 1. The topological polar surface area (TPSA) is 80.5 Å². The minimum Gasteiger partial charge on any atom is -0.368 e. The standard InChI is InChI=1S/C15H11N5S/c16-15-18-13-12(8-17-20-13)14(19-15)21-11-6-5-9-3-1-2-4-10(9)7-11/h1-8H,(H3,16,17,18,19,20). The van der Waals surface area contributed by atoms with Crippen molar-refractivity contribution in [1.82, 2.24) is 20.2 Å². The van der Waals surface area contributed by atoms with E-state index in [2.05, 4.69) is 50.5 Å². The van der Waals surface area contributed by atoms with Gasteiger partial charge in [0, 0.05) is 4.90 Å². The molecule has 3 N–H and O–H groups in total. The highest BCUT2D eigenvalue weighted by atomic mass is 32.2. The Bertz CT molecular complexity index is 947. The highest BCUT2D eigenvalue weighted by Gasteiger charge is 2.10. The maximum atomic E-state index is 5.74. The molecule has 21 heavy (non-hydrogen) atoms. The lowest BCUT2D eigenvalue weighted by atomic mass is 10.1. The summed E-state index contributed by atoms with van der Waals surface area (Å²) in [7, 11) is 0. The largest absolute Gasteiger partial charge is 0.368 e. The van der Waals surface area contributed by atoms with E-state index in [1.807, 2.05) is 12.1 Å². The molecule has 0 saturated carbocycles. The van der Waals surface area contributed by atoms with Crippen LogP contribution < -0.4 is 5.73 Å². The lowest BCUT2D eigenvalue weighted by molar-refractivity contribution is 1.08. The van der Waals surface area contributed by atoms with Gasteiger partial charge in [-0.25, -0.2) is 4.98 Å². The van der Waals surface area contributed by atoms with Crippen molar-refractivity contribution < 1.29 is 0 Å². The molecular formula is C15H11N5S. The number of nitrogen functional groups attached to an aromatic ring is 1. The fourth-order valence-electron chi connectivity index (χ4n) is 2.25. The van der Waals surface area contributed by atoms with Gasteiger partial charge < -0.3 is 5.73 Å². The van der Waals surface area contributed by atoms with Crippen LogP contribution in [-0.2, 0) is 0 Å². The maximum absolute atomic E-state index is 5.74. The second-order valence-corrected chi connectivity index (χ2v) is 5.69. The summed E-state index contributed by atoms with van der Waals surface area (Å²) in [4.78, 5) is 9.55. The molecule has 102 valence electrons. The summed E-state index contributed by atoms with van der Waals surface area (Å²) in [5, 5.41) is 10.9. The SMILES string of the molecule is Nc1nc(Sc2ccc3ccccc3c2)c2cn[nH]c2n1. The Morgan fingerprint density at radius 2 is 1.86 bits per heavy atom. The molecule has 0 spiro atoms. The zero-order chi connectivity index (χ0) is 14.2. The molecule has 2 aromatic carbocycles. The van der Waals surface area contributed by atoms with Crippen molar-refractivity contribution in [3.63, 3.8) is 0 Å². The van der Waals surface area contributed by atoms with Crippen molar-refractivity contribution in [1.29, 1.82) is 0 Å². The van der Waals surface area contributed by atoms with Gasteiger partial charge >= 0.3 is 0 Å². The van der Waals surface area contributed by atoms with Gasteiger partial charge in [0.05, 0.1) is 11.6 Å². The third-order valence-electron chi connectivity index (χ3n) is 3.23. The Morgan fingerprint density at radius 1 is 1.00 bits per heavy atom. The number of fused-ring (bicyclic) bond motifs is 2. The second-order valence-electron chi connectivity index (χ2n) is 4.63. The van der Waals surface area contributed by atoms with Crippen LogP contribution in [0.1, 0.15) is 0 Å². The first-order valence-electron chi connectivity index (χ1n) is 6.43. The van der Waals surface area contributed by atoms with Crippen LogP contribution >= 0.6 is 11.8 Å². The van der Waals surface area contributed by atoms with E-state index in [0.29, 0.717) is 5.65 Å². The highest BCUT2D eigenvalue weighted by Crippen LogP contribution is 2.32. The normalized spacial score (nSPS) is 11.2. The molecule has 2 aromatic heterocycles. The summed E-state index contributed by atoms with van der Waals surface area (Å²) < 4.78 is 0. The number of rotatable bonds is 2. The van der Waals surface area contributed by atoms with E-state index >= 15 is 0 Å². The van der Waals surface area contributed by atoms with Gasteiger partial charge in [-0.1, -0.05) is 42.1 Å². The van der Waals surface area contributed by atoms with Gasteiger partial charge in [-0.15, -0.1) is 0 Å². The van der Waals surface area contributed by atoms with E-state index < -0.39 is 0 Å². The number of nitrogens with one attached hydrogen (secondary N) is 1. The van der Waals surface area contributed by atoms with E-state index in [4.69, 9.17) is 5.73 Å². The first kappa shape index (κ1) is 12.2. The number of hydrogen-bond donors (Lipinski definition) is 2. The Labute approximate surface area is 124 Å². The molecule has 0 atom stereocenters. The summed E-state index contributed by atoms with van der Waals surface area (Å²) in [6, 6.07) is 14.6. The van der Waals surface area contributed by atoms with Crippen LogP contribution in [0.3, 0.4) is 0 Å². The highest BCUT2D eigenvalue weighted by molar-refractivity contribution is 7.99. The van der Waals surface area contributed by atoms with Crippen molar-refractivity contribution in [3.8, 4) is 0 Å². The van der Waals surface area contributed by atoms with Crippen LogP contribution in [0.25, 0.3) is 21.8 Å². The van der Waals surface area contributed by atoms with E-state index in [-0.39, 0.29) is 5.95 Å². The van der Waals surface area contributed by atoms with Crippen molar-refractivity contribution in [2.45, 2.75) is 9.92 Å². The summed E-state index contributed by atoms with van der Waals surface area (Å²) in [5.41, 5.74) is 6.40. The zero-order valence-corrected chi connectivity index (χ0v) is 11.8. The minimum atomic E-state index is 0.245. The molecule has 0 amide bonds. The molecule has 0 aliphatic rings. The van der Waals surface area contributed by atoms with Crippen LogP contribution in [0.15, 0.2) is 58.6 Å². The first-order valence-corrected chi connectivity index (χ1v) is 7.24. The van der Waals surface area contributed by atoms with Gasteiger partial charge in [0.25, 0.3) is 0 Å². The summed E-state index contributed by atoms with van der Waals surface area (Å²) in [6.07, 6.45) is 1.72. The third kappa shape index (κ3) is 2.19. The number of aromatic amines is 1. The Balaban J connectivity index is 1.80. The molecular weight excluding hydrogens is 282 g/mol. The zero-order valence-electron chi connectivity index (χ0n) is 10.9. The molecule has 4 rings (SSSR count). The minimum absolute atomic E-state index is 0.245. The average Bonchev–Trinajstić information content (AvgIpc) is 2.95. The van der Waals surface area contributed by atoms with E-state index in [9.17, 15) is 0 Å². The number of H-pyrrole nitrogens is 1. The molecule has 6 heteroatoms. The molecule has 2 heterocycles. The van der Waals surface area contributed by atoms with Crippen LogP contribution in [0.2, 0.25) is 0 Å². The van der Waals surface area contributed by atoms with Gasteiger partial charge in [-0.3, -0.25) is 5.10 Å². The Hall–Kier alpha value is -2.60. The number of benzene rings is 2. The molecule has 0 aliphatic carbocycles. The second kappa shape index (κ2) is 4.75. The number of aromatic nitrogens is 4. The molecule has 4 aromatic rings.